The van der Waals surface area contributed by atoms with Crippen LogP contribution in [0.1, 0.15) is 11.1 Å². The van der Waals surface area contributed by atoms with Crippen LogP contribution in [-0.2, 0) is 16.6 Å². The largest absolute Gasteiger partial charge is 0.316 e. The minimum Gasteiger partial charge on any atom is -0.316 e. The van der Waals surface area contributed by atoms with Gasteiger partial charge in [0.1, 0.15) is 5.82 Å². The zero-order chi connectivity index (χ0) is 15.5. The van der Waals surface area contributed by atoms with E-state index >= 15 is 0 Å². The van der Waals surface area contributed by atoms with Crippen molar-refractivity contribution in [1.82, 2.24) is 15.3 Å². The molecule has 0 bridgehead atoms. The average molecular weight is 371 g/mol. The van der Waals surface area contributed by atoms with E-state index in [2.05, 4.69) is 35.9 Å². The Hall–Kier alpha value is -1.51. The highest BCUT2D eigenvalue weighted by Crippen LogP contribution is 2.19. The molecule has 2 heterocycles. The lowest BCUT2D eigenvalue weighted by atomic mass is 10.3. The predicted molar refractivity (Wildman–Crippen MR) is 84.5 cm³/mol. The van der Waals surface area contributed by atoms with Crippen molar-refractivity contribution in [2.24, 2.45) is 0 Å². The second kappa shape index (κ2) is 6.50. The van der Waals surface area contributed by atoms with Gasteiger partial charge in [-0.15, -0.1) is 0 Å². The van der Waals surface area contributed by atoms with E-state index in [-0.39, 0.29) is 10.8 Å². The van der Waals surface area contributed by atoms with Gasteiger partial charge in [0, 0.05) is 23.4 Å². The molecule has 0 atom stereocenters. The number of aromatic nitrogens is 2. The first-order valence-corrected chi connectivity index (χ1v) is 8.44. The molecule has 2 rings (SSSR count). The molecule has 0 aliphatic heterocycles. The molecule has 8 heteroatoms. The van der Waals surface area contributed by atoms with Gasteiger partial charge in [0.05, 0.1) is 0 Å². The summed E-state index contributed by atoms with van der Waals surface area (Å²) in [5.74, 6) is 0.261. The molecule has 0 aromatic carbocycles. The number of halogens is 1. The Morgan fingerprint density at radius 3 is 2.57 bits per heavy atom. The Labute approximate surface area is 132 Å². The number of pyridine rings is 2. The molecule has 0 aliphatic carbocycles. The molecule has 21 heavy (non-hydrogen) atoms. The summed E-state index contributed by atoms with van der Waals surface area (Å²) < 4.78 is 27.7. The molecule has 2 N–H and O–H groups in total. The van der Waals surface area contributed by atoms with E-state index < -0.39 is 10.0 Å². The van der Waals surface area contributed by atoms with Crippen LogP contribution in [0.25, 0.3) is 0 Å². The van der Waals surface area contributed by atoms with Crippen molar-refractivity contribution in [3.63, 3.8) is 0 Å². The number of hydrogen-bond acceptors (Lipinski definition) is 5. The van der Waals surface area contributed by atoms with Gasteiger partial charge >= 0.3 is 0 Å². The van der Waals surface area contributed by atoms with Crippen LogP contribution < -0.4 is 10.0 Å². The van der Waals surface area contributed by atoms with Crippen LogP contribution in [0.2, 0.25) is 0 Å². The predicted octanol–water partition coefficient (Wildman–Crippen LogP) is 2.07. The summed E-state index contributed by atoms with van der Waals surface area (Å²) in [6.07, 6.45) is 3.09. The molecule has 6 nitrogen and oxygen atoms in total. The van der Waals surface area contributed by atoms with Gasteiger partial charge in [-0.2, -0.15) is 8.42 Å². The van der Waals surface area contributed by atoms with Gasteiger partial charge in [-0.1, -0.05) is 6.07 Å². The maximum Gasteiger partial charge on any atom is 0.280 e. The van der Waals surface area contributed by atoms with Crippen LogP contribution in [0.5, 0.6) is 0 Å². The summed E-state index contributed by atoms with van der Waals surface area (Å²) in [4.78, 5) is 8.00. The number of rotatable bonds is 5. The summed E-state index contributed by atoms with van der Waals surface area (Å²) >= 11 is 3.32. The van der Waals surface area contributed by atoms with E-state index in [9.17, 15) is 8.42 Å². The molecule has 0 radical (unpaired) electrons. The van der Waals surface area contributed by atoms with E-state index in [4.69, 9.17) is 0 Å². The summed E-state index contributed by atoms with van der Waals surface area (Å²) in [6, 6.07) is 4.84. The van der Waals surface area contributed by atoms with Crippen molar-refractivity contribution < 1.29 is 8.42 Å². The summed E-state index contributed by atoms with van der Waals surface area (Å²) in [5.41, 5.74) is 1.80. The van der Waals surface area contributed by atoms with E-state index in [1.165, 1.54) is 12.3 Å². The SMILES string of the molecule is CNCc1ccc(S(=O)(=O)Nc2cc(C)c(Br)cn2)nc1. The second-order valence-corrected chi connectivity index (χ2v) is 6.94. The molecule has 0 saturated heterocycles. The lowest BCUT2D eigenvalue weighted by Gasteiger charge is -2.08. The van der Waals surface area contributed by atoms with Gasteiger partial charge in [0.25, 0.3) is 10.0 Å². The first-order valence-electron chi connectivity index (χ1n) is 6.17. The third kappa shape index (κ3) is 3.99. The van der Waals surface area contributed by atoms with Gasteiger partial charge in [-0.25, -0.2) is 9.97 Å². The number of anilines is 1. The lowest BCUT2D eigenvalue weighted by Crippen LogP contribution is -2.16. The number of nitrogens with one attached hydrogen (secondary N) is 2. The number of nitrogens with zero attached hydrogens (tertiary/aromatic N) is 2. The van der Waals surface area contributed by atoms with Crippen LogP contribution in [0.3, 0.4) is 0 Å². The zero-order valence-corrected chi connectivity index (χ0v) is 14.0. The summed E-state index contributed by atoms with van der Waals surface area (Å²) in [7, 11) is -1.92. The quantitative estimate of drug-likeness (QED) is 0.841. The molecule has 0 fully saturated rings. The molecule has 0 saturated carbocycles. The van der Waals surface area contributed by atoms with Crippen LogP contribution in [-0.4, -0.2) is 25.4 Å². The van der Waals surface area contributed by atoms with Gasteiger partial charge in [-0.3, -0.25) is 4.72 Å². The molecule has 0 spiro atoms. The molecule has 112 valence electrons. The highest BCUT2D eigenvalue weighted by atomic mass is 79.9. The molecule has 2 aromatic rings. The van der Waals surface area contributed by atoms with Crippen molar-refractivity contribution in [3.8, 4) is 0 Å². The second-order valence-electron chi connectivity index (χ2n) is 4.46. The maximum atomic E-state index is 12.2. The van der Waals surface area contributed by atoms with Gasteiger partial charge in [-0.05, 0) is 53.2 Å². The molecular weight excluding hydrogens is 356 g/mol. The Balaban J connectivity index is 2.23. The molecule has 0 aliphatic rings. The van der Waals surface area contributed by atoms with Crippen molar-refractivity contribution >= 4 is 31.8 Å². The minimum atomic E-state index is -3.73. The van der Waals surface area contributed by atoms with Gasteiger partial charge in [0.2, 0.25) is 0 Å². The summed E-state index contributed by atoms with van der Waals surface area (Å²) in [5, 5.41) is 2.94. The number of aryl methyl sites for hydroxylation is 1. The number of hydrogen-bond donors (Lipinski definition) is 2. The average Bonchev–Trinajstić information content (AvgIpc) is 2.44. The topological polar surface area (TPSA) is 84.0 Å². The van der Waals surface area contributed by atoms with E-state index in [0.29, 0.717) is 6.54 Å². The molecule has 0 amide bonds. The third-order valence-electron chi connectivity index (χ3n) is 2.74. The smallest absolute Gasteiger partial charge is 0.280 e. The fourth-order valence-electron chi connectivity index (χ4n) is 1.66. The van der Waals surface area contributed by atoms with Crippen LogP contribution in [0.15, 0.2) is 40.1 Å². The standard InChI is InChI=1S/C13H15BrN4O2S/c1-9-5-12(16-8-11(9)14)18-21(19,20)13-4-3-10(6-15-2)7-17-13/h3-5,7-8,15H,6H2,1-2H3,(H,16,18). The van der Waals surface area contributed by atoms with Crippen molar-refractivity contribution in [2.75, 3.05) is 11.8 Å². The Morgan fingerprint density at radius 1 is 1.24 bits per heavy atom. The first-order chi connectivity index (χ1) is 9.92. The van der Waals surface area contributed by atoms with Crippen LogP contribution in [0, 0.1) is 6.92 Å². The lowest BCUT2D eigenvalue weighted by molar-refractivity contribution is 0.597. The van der Waals surface area contributed by atoms with E-state index in [1.54, 1.807) is 18.3 Å². The molecule has 0 unspecified atom stereocenters. The third-order valence-corrected chi connectivity index (χ3v) is 4.84. The molecular formula is C13H15BrN4O2S. The van der Waals surface area contributed by atoms with Crippen molar-refractivity contribution in [1.29, 1.82) is 0 Å². The Bertz CT molecular complexity index is 732. The number of sulfonamides is 1. The normalized spacial score (nSPS) is 11.4. The van der Waals surface area contributed by atoms with E-state index in [0.717, 1.165) is 15.6 Å². The van der Waals surface area contributed by atoms with Crippen molar-refractivity contribution in [3.05, 3.63) is 46.2 Å². The molecule has 2 aromatic heterocycles. The van der Waals surface area contributed by atoms with Crippen molar-refractivity contribution in [2.45, 2.75) is 18.5 Å². The Kier molecular flexibility index (Phi) is 4.92. The fourth-order valence-corrected chi connectivity index (χ4v) is 2.81. The maximum absolute atomic E-state index is 12.2. The van der Waals surface area contributed by atoms with Gasteiger partial charge < -0.3 is 5.32 Å². The zero-order valence-electron chi connectivity index (χ0n) is 11.6. The highest BCUT2D eigenvalue weighted by Gasteiger charge is 2.16. The van der Waals surface area contributed by atoms with E-state index in [1.807, 2.05) is 14.0 Å². The summed E-state index contributed by atoms with van der Waals surface area (Å²) in [6.45, 7) is 2.49. The fraction of sp³-hybridized carbons (Fsp3) is 0.231. The van der Waals surface area contributed by atoms with Crippen LogP contribution >= 0.6 is 15.9 Å². The van der Waals surface area contributed by atoms with Crippen LogP contribution in [0.4, 0.5) is 5.82 Å². The highest BCUT2D eigenvalue weighted by molar-refractivity contribution is 9.10. The first kappa shape index (κ1) is 15.9. The monoisotopic (exact) mass is 370 g/mol. The minimum absolute atomic E-state index is 0.0373. The Morgan fingerprint density at radius 2 is 2.00 bits per heavy atom. The van der Waals surface area contributed by atoms with Gasteiger partial charge in [0.15, 0.2) is 5.03 Å².